The summed E-state index contributed by atoms with van der Waals surface area (Å²) in [7, 11) is 1.83. The van der Waals surface area contributed by atoms with E-state index in [-0.39, 0.29) is 12.9 Å². The molecule has 54 valence electrons. The van der Waals surface area contributed by atoms with Gasteiger partial charge < -0.3 is 5.11 Å². The van der Waals surface area contributed by atoms with Crippen LogP contribution in [0, 0.1) is 0 Å². The minimum Gasteiger partial charge on any atom is -0.387 e. The number of likely N-dealkylation sites (tertiary alicyclic amines) is 1. The average molecular weight is 134 g/mol. The first kappa shape index (κ1) is 6.96. The molecule has 0 aromatic rings. The Kier molecular flexibility index (Phi) is 1.73. The summed E-state index contributed by atoms with van der Waals surface area (Å²) in [6, 6.07) is 0. The van der Waals surface area contributed by atoms with Crippen LogP contribution >= 0.6 is 0 Å². The molecule has 1 fully saturated rings. The van der Waals surface area contributed by atoms with Gasteiger partial charge in [0.25, 0.3) is 0 Å². The molecule has 0 radical (unpaired) electrons. The highest BCUT2D eigenvalue weighted by Crippen LogP contribution is 2.16. The minimum absolute atomic E-state index is 0.272. The number of rotatable bonds is 1. The Labute approximate surface area is 54.5 Å². The molecule has 3 heteroatoms. The molecule has 0 bridgehead atoms. The number of alkyl halides is 1. The third kappa shape index (κ3) is 1.40. The lowest BCUT2D eigenvalue weighted by Gasteiger charge is -2.24. The van der Waals surface area contributed by atoms with Gasteiger partial charge in [-0.1, -0.05) is 0 Å². The molecule has 0 aromatic carbocycles. The molecule has 1 heterocycles. The van der Waals surface area contributed by atoms with Crippen LogP contribution in [0.15, 0.2) is 0 Å². The van der Waals surface area contributed by atoms with E-state index in [0.29, 0.717) is 11.0 Å². The van der Waals surface area contributed by atoms with Crippen molar-refractivity contribution in [2.45, 2.75) is 12.5 Å². The van der Waals surface area contributed by atoms with Crippen LogP contribution in [-0.4, -0.2) is 42.6 Å². The maximum atomic E-state index is 12.1. The van der Waals surface area contributed by atoms with Crippen molar-refractivity contribution in [2.75, 3.05) is 26.9 Å². The Morgan fingerprint density at radius 1 is 1.78 bits per heavy atom. The van der Waals surface area contributed by atoms with Crippen LogP contribution in [0.3, 0.4) is 0 Å². The maximum absolute atomic E-state index is 12.1. The fraction of sp³-hybridized carbons (Fsp3) is 1.00. The highest BCUT2D eigenvalue weighted by Gasteiger charge is 2.32. The van der Waals surface area contributed by atoms with Gasteiger partial charge in [-0.2, -0.15) is 4.39 Å². The SMILES string of the molecule is C[N+]1(CF)CC[C@@H](O)C1. The van der Waals surface area contributed by atoms with Crippen LogP contribution in [-0.2, 0) is 0 Å². The summed E-state index contributed by atoms with van der Waals surface area (Å²) >= 11 is 0. The molecule has 1 unspecified atom stereocenters. The third-order valence-electron chi connectivity index (χ3n) is 1.94. The molecule has 1 aliphatic heterocycles. The lowest BCUT2D eigenvalue weighted by atomic mass is 10.3. The van der Waals surface area contributed by atoms with Gasteiger partial charge in [0.05, 0.1) is 13.6 Å². The average Bonchev–Trinajstić information content (AvgIpc) is 2.13. The van der Waals surface area contributed by atoms with E-state index in [2.05, 4.69) is 0 Å². The molecule has 0 saturated carbocycles. The number of aliphatic hydroxyl groups is 1. The Hall–Kier alpha value is -0.150. The Bertz CT molecular complexity index is 109. The first-order chi connectivity index (χ1) is 4.16. The molecule has 9 heavy (non-hydrogen) atoms. The minimum atomic E-state index is -0.350. The highest BCUT2D eigenvalue weighted by molar-refractivity contribution is 4.60. The molecule has 0 spiro atoms. The van der Waals surface area contributed by atoms with E-state index in [0.717, 1.165) is 13.0 Å². The largest absolute Gasteiger partial charge is 0.387 e. The fourth-order valence-corrected chi connectivity index (χ4v) is 1.26. The van der Waals surface area contributed by atoms with E-state index in [4.69, 9.17) is 5.11 Å². The van der Waals surface area contributed by atoms with Crippen LogP contribution < -0.4 is 0 Å². The van der Waals surface area contributed by atoms with Crippen molar-refractivity contribution in [2.24, 2.45) is 0 Å². The van der Waals surface area contributed by atoms with Gasteiger partial charge in [0.15, 0.2) is 0 Å². The van der Waals surface area contributed by atoms with Crippen molar-refractivity contribution in [3.8, 4) is 0 Å². The summed E-state index contributed by atoms with van der Waals surface area (Å²) in [5, 5.41) is 9.01. The van der Waals surface area contributed by atoms with E-state index < -0.39 is 0 Å². The van der Waals surface area contributed by atoms with Crippen LogP contribution in [0.5, 0.6) is 0 Å². The van der Waals surface area contributed by atoms with Crippen molar-refractivity contribution in [1.29, 1.82) is 0 Å². The van der Waals surface area contributed by atoms with Gasteiger partial charge in [0.2, 0.25) is 6.80 Å². The van der Waals surface area contributed by atoms with Crippen LogP contribution in [0.4, 0.5) is 4.39 Å². The Balaban J connectivity index is 2.45. The van der Waals surface area contributed by atoms with Crippen molar-refractivity contribution in [1.82, 2.24) is 0 Å². The second kappa shape index (κ2) is 2.23. The van der Waals surface area contributed by atoms with Crippen LogP contribution in [0.2, 0.25) is 0 Å². The topological polar surface area (TPSA) is 20.2 Å². The van der Waals surface area contributed by atoms with Crippen LogP contribution in [0.25, 0.3) is 0 Å². The molecule has 2 atom stereocenters. The molecule has 0 aromatic heterocycles. The first-order valence-corrected chi connectivity index (χ1v) is 3.24. The van der Waals surface area contributed by atoms with Gasteiger partial charge in [-0.25, -0.2) is 0 Å². The smallest absolute Gasteiger partial charge is 0.222 e. The maximum Gasteiger partial charge on any atom is 0.222 e. The summed E-state index contributed by atoms with van der Waals surface area (Å²) < 4.78 is 12.5. The molecular formula is C6H13FNO+. The summed E-state index contributed by atoms with van der Waals surface area (Å²) in [6.45, 7) is 1.01. The Morgan fingerprint density at radius 3 is 2.67 bits per heavy atom. The normalized spacial score (nSPS) is 43.7. The summed E-state index contributed by atoms with van der Waals surface area (Å²) in [4.78, 5) is 0. The molecule has 1 aliphatic rings. The number of halogens is 1. The van der Waals surface area contributed by atoms with Crippen molar-refractivity contribution >= 4 is 0 Å². The number of quaternary nitrogens is 1. The molecule has 1 saturated heterocycles. The van der Waals surface area contributed by atoms with E-state index >= 15 is 0 Å². The summed E-state index contributed by atoms with van der Waals surface area (Å²) in [5.74, 6) is 0. The van der Waals surface area contributed by atoms with Gasteiger partial charge in [-0.15, -0.1) is 0 Å². The van der Waals surface area contributed by atoms with Crippen molar-refractivity contribution < 1.29 is 14.0 Å². The van der Waals surface area contributed by atoms with Gasteiger partial charge in [-0.05, 0) is 0 Å². The standard InChI is InChI=1S/C6H13FNO/c1-8(5-7)3-2-6(9)4-8/h6,9H,2-5H2,1H3/q+1/t6-,8?/m1/s1. The fourth-order valence-electron chi connectivity index (χ4n) is 1.26. The van der Waals surface area contributed by atoms with E-state index in [1.807, 2.05) is 7.05 Å². The molecule has 1 rings (SSSR count). The number of hydrogen-bond donors (Lipinski definition) is 1. The number of hydrogen-bond acceptors (Lipinski definition) is 1. The molecule has 0 aliphatic carbocycles. The van der Waals surface area contributed by atoms with Crippen molar-refractivity contribution in [3.05, 3.63) is 0 Å². The summed E-state index contributed by atoms with van der Waals surface area (Å²) in [5.41, 5.74) is 0. The van der Waals surface area contributed by atoms with Gasteiger partial charge in [0.1, 0.15) is 12.6 Å². The zero-order valence-electron chi connectivity index (χ0n) is 5.68. The number of likely N-dealkylation sites (N-methyl/N-ethyl adjacent to an activating group) is 1. The second-order valence-electron chi connectivity index (χ2n) is 3.09. The second-order valence-corrected chi connectivity index (χ2v) is 3.09. The number of aliphatic hydroxyl groups excluding tert-OH is 1. The molecule has 0 amide bonds. The van der Waals surface area contributed by atoms with Gasteiger partial charge >= 0.3 is 0 Å². The van der Waals surface area contributed by atoms with Crippen molar-refractivity contribution in [3.63, 3.8) is 0 Å². The Morgan fingerprint density at radius 2 is 2.44 bits per heavy atom. The number of nitrogens with zero attached hydrogens (tertiary/aromatic N) is 1. The molecular weight excluding hydrogens is 121 g/mol. The van der Waals surface area contributed by atoms with E-state index in [1.165, 1.54) is 0 Å². The predicted molar refractivity (Wildman–Crippen MR) is 32.5 cm³/mol. The lowest BCUT2D eigenvalue weighted by Crippen LogP contribution is -2.41. The van der Waals surface area contributed by atoms with Crippen LogP contribution in [0.1, 0.15) is 6.42 Å². The van der Waals surface area contributed by atoms with Gasteiger partial charge in [0, 0.05) is 6.42 Å². The van der Waals surface area contributed by atoms with Gasteiger partial charge in [-0.3, -0.25) is 4.48 Å². The zero-order chi connectivity index (χ0) is 6.91. The predicted octanol–water partition coefficient (Wildman–Crippen LogP) is 0.125. The lowest BCUT2D eigenvalue weighted by molar-refractivity contribution is -0.911. The monoisotopic (exact) mass is 134 g/mol. The third-order valence-corrected chi connectivity index (χ3v) is 1.94. The zero-order valence-corrected chi connectivity index (χ0v) is 5.68. The van der Waals surface area contributed by atoms with E-state index in [9.17, 15) is 4.39 Å². The summed E-state index contributed by atoms with van der Waals surface area (Å²) in [6.07, 6.45) is 0.478. The molecule has 2 nitrogen and oxygen atoms in total. The highest BCUT2D eigenvalue weighted by atomic mass is 19.1. The quantitative estimate of drug-likeness (QED) is 0.399. The first-order valence-electron chi connectivity index (χ1n) is 3.24. The molecule has 1 N–H and O–H groups in total. The van der Waals surface area contributed by atoms with E-state index in [1.54, 1.807) is 0 Å².